The maximum Gasteiger partial charge on any atom is 0.272 e. The van der Waals surface area contributed by atoms with Crippen molar-refractivity contribution < 1.29 is 9.53 Å². The minimum atomic E-state index is -0.225. The Morgan fingerprint density at radius 2 is 2.04 bits per heavy atom. The van der Waals surface area contributed by atoms with E-state index in [1.807, 2.05) is 34.8 Å². The van der Waals surface area contributed by atoms with Crippen molar-refractivity contribution in [2.45, 2.75) is 45.4 Å². The first kappa shape index (κ1) is 19.1. The lowest BCUT2D eigenvalue weighted by Crippen LogP contribution is -2.58. The van der Waals surface area contributed by atoms with E-state index in [2.05, 4.69) is 28.0 Å². The first-order valence-corrected chi connectivity index (χ1v) is 10.2. The van der Waals surface area contributed by atoms with Crippen LogP contribution in [0.25, 0.3) is 0 Å². The number of aryl methyl sites for hydroxylation is 2. The molecule has 0 saturated carbocycles. The average Bonchev–Trinajstić information content (AvgIpc) is 3.17. The molecule has 1 spiro atoms. The van der Waals surface area contributed by atoms with E-state index in [9.17, 15) is 4.79 Å². The van der Waals surface area contributed by atoms with Crippen LogP contribution in [-0.4, -0.2) is 68.9 Å². The van der Waals surface area contributed by atoms with Gasteiger partial charge in [0.1, 0.15) is 5.69 Å². The summed E-state index contributed by atoms with van der Waals surface area (Å²) in [6, 6.07) is 7.71. The first-order valence-electron chi connectivity index (χ1n) is 10.2. The van der Waals surface area contributed by atoms with E-state index in [0.717, 1.165) is 50.4 Å². The maximum atomic E-state index is 12.9. The lowest BCUT2D eigenvalue weighted by molar-refractivity contribution is -0.128. The monoisotopic (exact) mass is 383 g/mol. The summed E-state index contributed by atoms with van der Waals surface area (Å²) in [7, 11) is 0. The molecule has 7 heteroatoms. The van der Waals surface area contributed by atoms with E-state index in [4.69, 9.17) is 4.74 Å². The molecule has 0 atom stereocenters. The van der Waals surface area contributed by atoms with Gasteiger partial charge in [-0.05, 0) is 44.9 Å². The Hall–Kier alpha value is -2.25. The fourth-order valence-electron chi connectivity index (χ4n) is 4.16. The highest BCUT2D eigenvalue weighted by atomic mass is 16.5. The van der Waals surface area contributed by atoms with E-state index in [-0.39, 0.29) is 11.5 Å². The highest BCUT2D eigenvalue weighted by Crippen LogP contribution is 2.31. The number of hydrogen-bond acceptors (Lipinski definition) is 5. The van der Waals surface area contributed by atoms with E-state index in [1.54, 1.807) is 6.07 Å². The van der Waals surface area contributed by atoms with Crippen molar-refractivity contribution in [1.82, 2.24) is 24.6 Å². The normalized spacial score (nSPS) is 19.9. The van der Waals surface area contributed by atoms with Gasteiger partial charge < -0.3 is 9.64 Å². The van der Waals surface area contributed by atoms with Crippen LogP contribution in [0.3, 0.4) is 0 Å². The number of morpholine rings is 1. The lowest BCUT2D eigenvalue weighted by atomic mass is 9.89. The minimum absolute atomic E-state index is 0.0129. The zero-order valence-electron chi connectivity index (χ0n) is 16.8. The number of hydrogen-bond donors (Lipinski definition) is 0. The van der Waals surface area contributed by atoms with Crippen LogP contribution in [0, 0.1) is 6.92 Å². The molecule has 2 saturated heterocycles. The molecule has 2 fully saturated rings. The summed E-state index contributed by atoms with van der Waals surface area (Å²) >= 11 is 0. The maximum absolute atomic E-state index is 12.9. The number of carbonyl (C=O) groups is 1. The van der Waals surface area contributed by atoms with E-state index < -0.39 is 0 Å². The standard InChI is InChI=1S/C21H29N5O2/c1-3-26-10-7-18(23-26)15-24-11-8-21(9-12-24)16-25(13-14-28-21)20(27)19-6-4-5-17(2)22-19/h4-7,10H,3,8-9,11-16H2,1-2H3. The van der Waals surface area contributed by atoms with Crippen molar-refractivity contribution in [3.05, 3.63) is 47.5 Å². The Labute approximate surface area is 166 Å². The third-order valence-corrected chi connectivity index (χ3v) is 5.82. The van der Waals surface area contributed by atoms with Crippen molar-refractivity contribution in [3.63, 3.8) is 0 Å². The molecular formula is C21H29N5O2. The number of carbonyl (C=O) groups excluding carboxylic acids is 1. The number of likely N-dealkylation sites (tertiary alicyclic amines) is 1. The zero-order chi connectivity index (χ0) is 19.6. The molecule has 7 nitrogen and oxygen atoms in total. The van der Waals surface area contributed by atoms with Gasteiger partial charge in [0.2, 0.25) is 0 Å². The molecule has 150 valence electrons. The van der Waals surface area contributed by atoms with Crippen molar-refractivity contribution in [2.24, 2.45) is 0 Å². The third-order valence-electron chi connectivity index (χ3n) is 5.82. The smallest absolute Gasteiger partial charge is 0.272 e. The molecular weight excluding hydrogens is 354 g/mol. The second-order valence-electron chi connectivity index (χ2n) is 7.86. The number of nitrogens with zero attached hydrogens (tertiary/aromatic N) is 5. The quantitative estimate of drug-likeness (QED) is 0.809. The molecule has 2 aromatic heterocycles. The largest absolute Gasteiger partial charge is 0.371 e. The second-order valence-corrected chi connectivity index (χ2v) is 7.86. The number of amides is 1. The molecule has 2 aromatic rings. The Morgan fingerprint density at radius 3 is 2.75 bits per heavy atom. The van der Waals surface area contributed by atoms with Crippen LogP contribution in [0.15, 0.2) is 30.5 Å². The highest BCUT2D eigenvalue weighted by Gasteiger charge is 2.41. The van der Waals surface area contributed by atoms with Crippen LogP contribution in [0.2, 0.25) is 0 Å². The van der Waals surface area contributed by atoms with Crippen LogP contribution in [0.5, 0.6) is 0 Å². The minimum Gasteiger partial charge on any atom is -0.371 e. The summed E-state index contributed by atoms with van der Waals surface area (Å²) in [5, 5.41) is 4.59. The topological polar surface area (TPSA) is 63.5 Å². The number of ether oxygens (including phenoxy) is 1. The molecule has 0 N–H and O–H groups in total. The van der Waals surface area contributed by atoms with Gasteiger partial charge >= 0.3 is 0 Å². The summed E-state index contributed by atoms with van der Waals surface area (Å²) in [5.41, 5.74) is 2.29. The molecule has 0 bridgehead atoms. The highest BCUT2D eigenvalue weighted by molar-refractivity contribution is 5.92. The number of rotatable bonds is 4. The van der Waals surface area contributed by atoms with Crippen LogP contribution in [0.1, 0.15) is 41.6 Å². The molecule has 4 rings (SSSR count). The zero-order valence-corrected chi connectivity index (χ0v) is 16.8. The average molecular weight is 383 g/mol. The molecule has 4 heterocycles. The molecule has 0 aromatic carbocycles. The molecule has 2 aliphatic heterocycles. The van der Waals surface area contributed by atoms with Gasteiger partial charge in [-0.15, -0.1) is 0 Å². The van der Waals surface area contributed by atoms with Crippen molar-refractivity contribution >= 4 is 5.91 Å². The predicted molar refractivity (Wildman–Crippen MR) is 106 cm³/mol. The van der Waals surface area contributed by atoms with Gasteiger partial charge in [0.15, 0.2) is 0 Å². The van der Waals surface area contributed by atoms with E-state index in [1.165, 1.54) is 0 Å². The fourth-order valence-corrected chi connectivity index (χ4v) is 4.16. The van der Waals surface area contributed by atoms with Gasteiger partial charge in [-0.3, -0.25) is 14.4 Å². The molecule has 0 unspecified atom stereocenters. The van der Waals surface area contributed by atoms with E-state index in [0.29, 0.717) is 25.4 Å². The molecule has 0 radical (unpaired) electrons. The van der Waals surface area contributed by atoms with Gasteiger partial charge in [-0.2, -0.15) is 5.10 Å². The Kier molecular flexibility index (Phi) is 5.46. The second kappa shape index (κ2) is 8.01. The molecule has 28 heavy (non-hydrogen) atoms. The number of aromatic nitrogens is 3. The Bertz CT molecular complexity index is 826. The van der Waals surface area contributed by atoms with Crippen molar-refractivity contribution in [2.75, 3.05) is 32.8 Å². The molecule has 0 aliphatic carbocycles. The van der Waals surface area contributed by atoms with Crippen molar-refractivity contribution in [3.8, 4) is 0 Å². The first-order chi connectivity index (χ1) is 13.6. The van der Waals surface area contributed by atoms with Crippen LogP contribution < -0.4 is 0 Å². The lowest BCUT2D eigenvalue weighted by Gasteiger charge is -2.47. The summed E-state index contributed by atoms with van der Waals surface area (Å²) in [6.07, 6.45) is 3.91. The SMILES string of the molecule is CCn1ccc(CN2CCC3(CC2)CN(C(=O)c2cccc(C)n2)CCO3)n1. The van der Waals surface area contributed by atoms with Gasteiger partial charge in [0.25, 0.3) is 5.91 Å². The van der Waals surface area contributed by atoms with Gasteiger partial charge in [0.05, 0.1) is 24.4 Å². The summed E-state index contributed by atoms with van der Waals surface area (Å²) in [5.74, 6) is 0.0129. The Morgan fingerprint density at radius 1 is 1.21 bits per heavy atom. The Balaban J connectivity index is 1.36. The summed E-state index contributed by atoms with van der Waals surface area (Å²) in [4.78, 5) is 21.7. The summed E-state index contributed by atoms with van der Waals surface area (Å²) < 4.78 is 8.17. The van der Waals surface area contributed by atoms with Crippen molar-refractivity contribution in [1.29, 1.82) is 0 Å². The van der Waals surface area contributed by atoms with Gasteiger partial charge in [-0.25, -0.2) is 4.98 Å². The van der Waals surface area contributed by atoms with Crippen LogP contribution >= 0.6 is 0 Å². The van der Waals surface area contributed by atoms with Gasteiger partial charge in [-0.1, -0.05) is 6.07 Å². The molecule has 2 aliphatic rings. The van der Waals surface area contributed by atoms with Crippen LogP contribution in [-0.2, 0) is 17.8 Å². The fraction of sp³-hybridized carbons (Fsp3) is 0.571. The van der Waals surface area contributed by atoms with Crippen LogP contribution in [0.4, 0.5) is 0 Å². The predicted octanol–water partition coefficient (Wildman–Crippen LogP) is 2.11. The number of pyridine rings is 1. The third kappa shape index (κ3) is 4.10. The van der Waals surface area contributed by atoms with E-state index >= 15 is 0 Å². The van der Waals surface area contributed by atoms with Gasteiger partial charge in [0, 0.05) is 44.6 Å². The molecule has 1 amide bonds. The number of piperidine rings is 1. The summed E-state index contributed by atoms with van der Waals surface area (Å²) in [6.45, 7) is 9.59.